The molecule has 1 aromatic heterocycles. The van der Waals surface area contributed by atoms with Gasteiger partial charge in [-0.1, -0.05) is 0 Å². The molecule has 3 heteroatoms. The molecular formula is C7H10FNS. The van der Waals surface area contributed by atoms with E-state index in [1.54, 1.807) is 11.4 Å². The average Bonchev–Trinajstić information content (AvgIpc) is 2.38. The Kier molecular flexibility index (Phi) is 2.06. The Hall–Kier alpha value is -0.410. The van der Waals surface area contributed by atoms with Crippen molar-refractivity contribution in [3.8, 4) is 0 Å². The molecule has 1 heterocycles. The van der Waals surface area contributed by atoms with Crippen molar-refractivity contribution in [2.24, 2.45) is 5.73 Å². The van der Waals surface area contributed by atoms with Gasteiger partial charge in [0.1, 0.15) is 5.67 Å². The summed E-state index contributed by atoms with van der Waals surface area (Å²) in [5, 5.41) is 3.63. The van der Waals surface area contributed by atoms with Gasteiger partial charge in [0.2, 0.25) is 0 Å². The zero-order chi connectivity index (χ0) is 7.61. The minimum Gasteiger partial charge on any atom is -0.327 e. The molecule has 0 saturated carbocycles. The van der Waals surface area contributed by atoms with Crippen molar-refractivity contribution < 1.29 is 4.39 Å². The second-order valence-electron chi connectivity index (χ2n) is 2.41. The lowest BCUT2D eigenvalue weighted by Gasteiger charge is -2.15. The van der Waals surface area contributed by atoms with Gasteiger partial charge in [-0.15, -0.1) is 0 Å². The highest BCUT2D eigenvalue weighted by molar-refractivity contribution is 7.08. The molecule has 0 radical (unpaired) electrons. The number of rotatable bonds is 2. The predicted molar refractivity (Wildman–Crippen MR) is 41.8 cm³/mol. The van der Waals surface area contributed by atoms with Gasteiger partial charge in [-0.25, -0.2) is 4.39 Å². The first-order valence-corrected chi connectivity index (χ1v) is 4.03. The highest BCUT2D eigenvalue weighted by Crippen LogP contribution is 2.25. The Labute approximate surface area is 63.7 Å². The van der Waals surface area contributed by atoms with Gasteiger partial charge in [0, 0.05) is 12.1 Å². The normalized spacial score (nSPS) is 16.7. The van der Waals surface area contributed by atoms with Crippen molar-refractivity contribution in [1.82, 2.24) is 0 Å². The summed E-state index contributed by atoms with van der Waals surface area (Å²) in [6.07, 6.45) is 0. The van der Waals surface area contributed by atoms with Crippen LogP contribution in [0.2, 0.25) is 0 Å². The van der Waals surface area contributed by atoms with Crippen molar-refractivity contribution in [3.05, 3.63) is 22.4 Å². The van der Waals surface area contributed by atoms with E-state index in [0.717, 1.165) is 0 Å². The lowest BCUT2D eigenvalue weighted by molar-refractivity contribution is 0.204. The van der Waals surface area contributed by atoms with Crippen molar-refractivity contribution in [2.75, 3.05) is 6.54 Å². The Bertz CT molecular complexity index is 193. The van der Waals surface area contributed by atoms with Gasteiger partial charge < -0.3 is 5.73 Å². The van der Waals surface area contributed by atoms with E-state index in [9.17, 15) is 4.39 Å². The van der Waals surface area contributed by atoms with Crippen LogP contribution in [-0.4, -0.2) is 6.54 Å². The molecule has 0 fully saturated rings. The van der Waals surface area contributed by atoms with Crippen LogP contribution < -0.4 is 5.73 Å². The number of hydrogen-bond donors (Lipinski definition) is 1. The average molecular weight is 159 g/mol. The van der Waals surface area contributed by atoms with E-state index in [1.165, 1.54) is 18.3 Å². The van der Waals surface area contributed by atoms with Gasteiger partial charge in [-0.3, -0.25) is 0 Å². The largest absolute Gasteiger partial charge is 0.327 e. The number of thiophene rings is 1. The van der Waals surface area contributed by atoms with Crippen LogP contribution in [0.25, 0.3) is 0 Å². The highest BCUT2D eigenvalue weighted by Gasteiger charge is 2.23. The SMILES string of the molecule is CC(F)(CN)c1ccsc1. The van der Waals surface area contributed by atoms with Gasteiger partial charge in [0.05, 0.1) is 0 Å². The Morgan fingerprint density at radius 2 is 2.50 bits per heavy atom. The summed E-state index contributed by atoms with van der Waals surface area (Å²) in [6, 6.07) is 1.76. The second kappa shape index (κ2) is 2.68. The summed E-state index contributed by atoms with van der Waals surface area (Å²) in [6.45, 7) is 1.54. The van der Waals surface area contributed by atoms with Gasteiger partial charge in [0.15, 0.2) is 0 Å². The van der Waals surface area contributed by atoms with Crippen molar-refractivity contribution in [1.29, 1.82) is 0 Å². The molecule has 1 atom stereocenters. The van der Waals surface area contributed by atoms with E-state index in [0.29, 0.717) is 5.56 Å². The smallest absolute Gasteiger partial charge is 0.146 e. The predicted octanol–water partition coefficient (Wildman–Crippen LogP) is 1.89. The Balaban J connectivity index is 2.85. The maximum atomic E-state index is 13.3. The molecule has 10 heavy (non-hydrogen) atoms. The number of nitrogens with two attached hydrogens (primary N) is 1. The molecule has 56 valence electrons. The molecule has 0 aromatic carbocycles. The van der Waals surface area contributed by atoms with E-state index in [4.69, 9.17) is 5.73 Å². The second-order valence-corrected chi connectivity index (χ2v) is 3.19. The summed E-state index contributed by atoms with van der Waals surface area (Å²) in [5.74, 6) is 0. The van der Waals surface area contributed by atoms with E-state index in [-0.39, 0.29) is 6.54 Å². The fourth-order valence-corrected chi connectivity index (χ4v) is 1.45. The highest BCUT2D eigenvalue weighted by atomic mass is 32.1. The first-order chi connectivity index (χ1) is 4.67. The van der Waals surface area contributed by atoms with E-state index < -0.39 is 5.67 Å². The van der Waals surface area contributed by atoms with Gasteiger partial charge in [-0.2, -0.15) is 11.3 Å². The third-order valence-electron chi connectivity index (χ3n) is 1.51. The summed E-state index contributed by atoms with van der Waals surface area (Å²) in [5.41, 5.74) is 4.56. The molecule has 1 rings (SSSR count). The quantitative estimate of drug-likeness (QED) is 0.700. The number of hydrogen-bond acceptors (Lipinski definition) is 2. The molecule has 0 amide bonds. The van der Waals surface area contributed by atoms with E-state index >= 15 is 0 Å². The molecule has 2 N–H and O–H groups in total. The monoisotopic (exact) mass is 159 g/mol. The fraction of sp³-hybridized carbons (Fsp3) is 0.429. The number of halogens is 1. The summed E-state index contributed by atoms with van der Waals surface area (Å²) in [4.78, 5) is 0. The van der Waals surface area contributed by atoms with Crippen LogP contribution in [0.5, 0.6) is 0 Å². The molecule has 0 aliphatic rings. The zero-order valence-corrected chi connectivity index (χ0v) is 6.62. The summed E-state index contributed by atoms with van der Waals surface area (Å²) in [7, 11) is 0. The van der Waals surface area contributed by atoms with Crippen LogP contribution >= 0.6 is 11.3 Å². The molecule has 0 aliphatic heterocycles. The van der Waals surface area contributed by atoms with Crippen LogP contribution in [0.4, 0.5) is 4.39 Å². The molecule has 0 saturated heterocycles. The van der Waals surface area contributed by atoms with Crippen LogP contribution in [0.3, 0.4) is 0 Å². The lowest BCUT2D eigenvalue weighted by Crippen LogP contribution is -2.25. The summed E-state index contributed by atoms with van der Waals surface area (Å²) >= 11 is 1.49. The van der Waals surface area contributed by atoms with Gasteiger partial charge >= 0.3 is 0 Å². The van der Waals surface area contributed by atoms with E-state index in [2.05, 4.69) is 0 Å². The fourth-order valence-electron chi connectivity index (χ4n) is 0.679. The van der Waals surface area contributed by atoms with Crippen LogP contribution in [0.15, 0.2) is 16.8 Å². The Morgan fingerprint density at radius 1 is 1.80 bits per heavy atom. The molecule has 1 aromatic rings. The van der Waals surface area contributed by atoms with Crippen LogP contribution in [0, 0.1) is 0 Å². The van der Waals surface area contributed by atoms with E-state index in [1.807, 2.05) is 5.38 Å². The first kappa shape index (κ1) is 7.69. The molecule has 0 aliphatic carbocycles. The maximum absolute atomic E-state index is 13.3. The number of alkyl halides is 1. The van der Waals surface area contributed by atoms with Crippen LogP contribution in [-0.2, 0) is 5.67 Å². The summed E-state index contributed by atoms with van der Waals surface area (Å²) < 4.78 is 13.3. The molecule has 0 spiro atoms. The standard InChI is InChI=1S/C7H10FNS/c1-7(8,5-9)6-2-3-10-4-6/h2-4H,5,9H2,1H3. The minimum absolute atomic E-state index is 0.0454. The Morgan fingerprint density at radius 3 is 2.90 bits per heavy atom. The zero-order valence-electron chi connectivity index (χ0n) is 5.80. The first-order valence-electron chi connectivity index (χ1n) is 3.08. The third-order valence-corrected chi connectivity index (χ3v) is 2.19. The maximum Gasteiger partial charge on any atom is 0.146 e. The van der Waals surface area contributed by atoms with Crippen molar-refractivity contribution in [2.45, 2.75) is 12.6 Å². The van der Waals surface area contributed by atoms with Gasteiger partial charge in [-0.05, 0) is 23.8 Å². The molecule has 0 bridgehead atoms. The molecule has 1 nitrogen and oxygen atoms in total. The molecule has 1 unspecified atom stereocenters. The molecular weight excluding hydrogens is 149 g/mol. The van der Waals surface area contributed by atoms with Crippen molar-refractivity contribution in [3.63, 3.8) is 0 Å². The van der Waals surface area contributed by atoms with Gasteiger partial charge in [0.25, 0.3) is 0 Å². The topological polar surface area (TPSA) is 26.0 Å². The van der Waals surface area contributed by atoms with Crippen LogP contribution in [0.1, 0.15) is 12.5 Å². The minimum atomic E-state index is -1.35. The van der Waals surface area contributed by atoms with Crippen molar-refractivity contribution >= 4 is 11.3 Å². The third kappa shape index (κ3) is 1.36. The lowest BCUT2D eigenvalue weighted by atomic mass is 10.0.